The van der Waals surface area contributed by atoms with E-state index in [1.165, 1.54) is 20.8 Å². The molecule has 0 bridgehead atoms. The summed E-state index contributed by atoms with van der Waals surface area (Å²) >= 11 is 0. The number of carboxylic acids is 3. The van der Waals surface area contributed by atoms with Gasteiger partial charge in [0.15, 0.2) is 0 Å². The maximum Gasteiger partial charge on any atom is 0.330 e. The Morgan fingerprint density at radius 3 is 1.21 bits per heavy atom. The number of carboxylic acid groups (broad SMARTS) is 3. The van der Waals surface area contributed by atoms with Gasteiger partial charge in [0.2, 0.25) is 0 Å². The van der Waals surface area contributed by atoms with Crippen LogP contribution in [0.15, 0.2) is 49.1 Å². The molecule has 0 saturated heterocycles. The van der Waals surface area contributed by atoms with E-state index in [9.17, 15) is 19.2 Å². The molecule has 0 heterocycles. The highest BCUT2D eigenvalue weighted by Crippen LogP contribution is 2.02. The predicted octanol–water partition coefficient (Wildman–Crippen LogP) is 2.04. The molecular formula is C23H40O11. The molecule has 6 N–H and O–H groups in total. The number of aliphatic hydroxyl groups excluding tert-OH is 3. The van der Waals surface area contributed by atoms with Crippen molar-refractivity contribution >= 4 is 23.9 Å². The van der Waals surface area contributed by atoms with Crippen molar-refractivity contribution in [3.05, 3.63) is 49.1 Å². The van der Waals surface area contributed by atoms with Crippen LogP contribution in [0.1, 0.15) is 40.5 Å². The Bertz CT molecular complexity index is 540. The Morgan fingerprint density at radius 2 is 1.09 bits per heavy atom. The highest BCUT2D eigenvalue weighted by atomic mass is 16.5. The summed E-state index contributed by atoms with van der Waals surface area (Å²) < 4.78 is 4.43. The Labute approximate surface area is 201 Å². The van der Waals surface area contributed by atoms with E-state index in [1.54, 1.807) is 6.92 Å². The summed E-state index contributed by atoms with van der Waals surface area (Å²) in [6.45, 7) is 19.3. The molecule has 0 aliphatic carbocycles. The van der Waals surface area contributed by atoms with Gasteiger partial charge in [0.05, 0.1) is 6.61 Å². The Hall–Kier alpha value is -3.28. The topological polar surface area (TPSA) is 199 Å². The van der Waals surface area contributed by atoms with Gasteiger partial charge in [-0.25, -0.2) is 19.2 Å². The van der Waals surface area contributed by atoms with Crippen LogP contribution in [0.3, 0.4) is 0 Å². The molecule has 0 unspecified atom stereocenters. The van der Waals surface area contributed by atoms with Crippen LogP contribution in [0, 0.1) is 5.92 Å². The number of hydrogen-bond acceptors (Lipinski definition) is 8. The summed E-state index contributed by atoms with van der Waals surface area (Å²) in [5, 5.41) is 49.0. The maximum atomic E-state index is 10.1. The largest absolute Gasteiger partial charge is 0.478 e. The third-order valence-corrected chi connectivity index (χ3v) is 2.84. The molecule has 0 aliphatic heterocycles. The predicted molar refractivity (Wildman–Crippen MR) is 128 cm³/mol. The molecule has 0 radical (unpaired) electrons. The molecule has 0 saturated carbocycles. The van der Waals surface area contributed by atoms with Crippen molar-refractivity contribution in [2.75, 3.05) is 26.4 Å². The van der Waals surface area contributed by atoms with E-state index >= 15 is 0 Å². The van der Waals surface area contributed by atoms with Gasteiger partial charge >= 0.3 is 23.9 Å². The van der Waals surface area contributed by atoms with Crippen molar-refractivity contribution in [3.63, 3.8) is 0 Å². The number of aliphatic carboxylic acids is 3. The van der Waals surface area contributed by atoms with Crippen LogP contribution in [-0.4, -0.2) is 80.9 Å². The molecule has 0 amide bonds. The minimum absolute atomic E-state index is 0.0104. The molecule has 198 valence electrons. The van der Waals surface area contributed by atoms with Crippen LogP contribution in [0.2, 0.25) is 0 Å². The molecule has 0 atom stereocenters. The summed E-state index contributed by atoms with van der Waals surface area (Å²) in [5.74, 6) is -3.21. The third-order valence-electron chi connectivity index (χ3n) is 2.84. The van der Waals surface area contributed by atoms with E-state index in [2.05, 4.69) is 31.1 Å². The summed E-state index contributed by atoms with van der Waals surface area (Å²) in [5.41, 5.74) is 0.528. The van der Waals surface area contributed by atoms with Gasteiger partial charge in [-0.3, -0.25) is 0 Å². The number of aliphatic hydroxyl groups is 3. The van der Waals surface area contributed by atoms with Gasteiger partial charge in [0, 0.05) is 48.5 Å². The van der Waals surface area contributed by atoms with E-state index in [-0.39, 0.29) is 48.4 Å². The van der Waals surface area contributed by atoms with E-state index in [0.717, 1.165) is 6.08 Å². The van der Waals surface area contributed by atoms with E-state index < -0.39 is 17.9 Å². The monoisotopic (exact) mass is 492 g/mol. The maximum absolute atomic E-state index is 10.1. The molecular weight excluding hydrogens is 452 g/mol. The van der Waals surface area contributed by atoms with Gasteiger partial charge in [-0.05, 0) is 40.5 Å². The number of carbonyl (C=O) groups is 4. The fourth-order valence-electron chi connectivity index (χ4n) is 0.821. The first-order valence-electron chi connectivity index (χ1n) is 9.87. The lowest BCUT2D eigenvalue weighted by molar-refractivity contribution is -0.137. The first-order chi connectivity index (χ1) is 15.6. The van der Waals surface area contributed by atoms with Crippen LogP contribution in [0.25, 0.3) is 0 Å². The number of hydrogen-bond donors (Lipinski definition) is 6. The van der Waals surface area contributed by atoms with Gasteiger partial charge in [0.25, 0.3) is 0 Å². The van der Waals surface area contributed by atoms with Crippen molar-refractivity contribution in [1.29, 1.82) is 0 Å². The number of rotatable bonds is 10. The lowest BCUT2D eigenvalue weighted by atomic mass is 10.1. The van der Waals surface area contributed by atoms with Crippen LogP contribution in [0.4, 0.5) is 0 Å². The lowest BCUT2D eigenvalue weighted by Gasteiger charge is -2.07. The van der Waals surface area contributed by atoms with Crippen molar-refractivity contribution in [3.8, 4) is 0 Å². The molecule has 0 fully saturated rings. The molecule has 34 heavy (non-hydrogen) atoms. The number of ether oxygens (including phenoxy) is 1. The molecule has 0 aromatic heterocycles. The fourth-order valence-corrected chi connectivity index (χ4v) is 0.821. The molecule has 0 aromatic carbocycles. The van der Waals surface area contributed by atoms with Crippen molar-refractivity contribution in [2.24, 2.45) is 5.92 Å². The Morgan fingerprint density at radius 1 is 0.794 bits per heavy atom. The SMILES string of the molecule is C=C(C)C(=O)O.C=C(C)C(=O)O.C=C(C)C(=O)O.C=CC(=O)OCC.OCCCC(CO)CO. The van der Waals surface area contributed by atoms with Gasteiger partial charge < -0.3 is 35.4 Å². The minimum Gasteiger partial charge on any atom is -0.478 e. The first kappa shape index (κ1) is 41.0. The van der Waals surface area contributed by atoms with Gasteiger partial charge in [-0.1, -0.05) is 26.3 Å². The Balaban J connectivity index is -0.000000104. The molecule has 11 nitrogen and oxygen atoms in total. The highest BCUT2D eigenvalue weighted by Gasteiger charge is 2.03. The van der Waals surface area contributed by atoms with Gasteiger partial charge in [0.1, 0.15) is 0 Å². The second-order valence-electron chi connectivity index (χ2n) is 6.31. The van der Waals surface area contributed by atoms with E-state index in [0.29, 0.717) is 19.4 Å². The first-order valence-corrected chi connectivity index (χ1v) is 9.87. The zero-order valence-electron chi connectivity index (χ0n) is 20.5. The van der Waals surface area contributed by atoms with Crippen molar-refractivity contribution < 1.29 is 54.6 Å². The lowest BCUT2D eigenvalue weighted by Crippen LogP contribution is -2.11. The molecule has 0 aromatic rings. The summed E-state index contributed by atoms with van der Waals surface area (Å²) in [4.78, 5) is 38.9. The average molecular weight is 493 g/mol. The quantitative estimate of drug-likeness (QED) is 0.193. The highest BCUT2D eigenvalue weighted by molar-refractivity contribution is 5.85. The zero-order chi connectivity index (χ0) is 28.3. The third kappa shape index (κ3) is 46.8. The summed E-state index contributed by atoms with van der Waals surface area (Å²) in [6.07, 6.45) is 2.50. The molecule has 0 rings (SSSR count). The molecule has 11 heteroatoms. The average Bonchev–Trinajstić information content (AvgIpc) is 2.76. The van der Waals surface area contributed by atoms with Crippen molar-refractivity contribution in [2.45, 2.75) is 40.5 Å². The van der Waals surface area contributed by atoms with Crippen LogP contribution in [-0.2, 0) is 23.9 Å². The molecule has 0 spiro atoms. The van der Waals surface area contributed by atoms with E-state index in [4.69, 9.17) is 30.6 Å². The summed E-state index contributed by atoms with van der Waals surface area (Å²) in [7, 11) is 0. The van der Waals surface area contributed by atoms with Crippen LogP contribution < -0.4 is 0 Å². The fraction of sp³-hybridized carbons (Fsp3) is 0.478. The van der Waals surface area contributed by atoms with Crippen LogP contribution >= 0.6 is 0 Å². The zero-order valence-corrected chi connectivity index (χ0v) is 20.5. The normalized spacial score (nSPS) is 8.35. The number of carbonyl (C=O) groups excluding carboxylic acids is 1. The molecule has 0 aliphatic rings. The smallest absolute Gasteiger partial charge is 0.330 e. The second-order valence-corrected chi connectivity index (χ2v) is 6.31. The standard InChI is InChI=1S/C6H14O3.C5H8O2.3C4H6O2/c7-3-1-2-6(4-8)5-9;1-3-5(6)7-4-2;3*1-3(2)4(5)6/h6-9H,1-5H2;3H,1,4H2,2H3;3*1H2,2H3,(H,5,6). The van der Waals surface area contributed by atoms with E-state index in [1.807, 2.05) is 0 Å². The van der Waals surface area contributed by atoms with Crippen LogP contribution in [0.5, 0.6) is 0 Å². The van der Waals surface area contributed by atoms with Crippen molar-refractivity contribution in [1.82, 2.24) is 0 Å². The number of esters is 1. The summed E-state index contributed by atoms with van der Waals surface area (Å²) in [6, 6.07) is 0. The second kappa shape index (κ2) is 29.7. The Kier molecular flexibility index (Phi) is 35.9. The van der Waals surface area contributed by atoms with Gasteiger partial charge in [-0.2, -0.15) is 0 Å². The minimum atomic E-state index is -0.935. The van der Waals surface area contributed by atoms with Gasteiger partial charge in [-0.15, -0.1) is 0 Å².